The van der Waals surface area contributed by atoms with Crippen molar-refractivity contribution in [2.75, 3.05) is 0 Å². The molecular weight excluding hydrogens is 228 g/mol. The molecule has 94 valence electrons. The molecule has 0 aliphatic heterocycles. The second kappa shape index (κ2) is 4.55. The summed E-state index contributed by atoms with van der Waals surface area (Å²) in [4.78, 5) is 0. The minimum absolute atomic E-state index is 1.29. The van der Waals surface area contributed by atoms with Gasteiger partial charge in [0.2, 0.25) is 0 Å². The zero-order valence-corrected chi connectivity index (χ0v) is 11.7. The van der Waals surface area contributed by atoms with Crippen LogP contribution in [-0.2, 0) is 0 Å². The predicted molar refractivity (Wildman–Crippen MR) is 82.7 cm³/mol. The largest absolute Gasteiger partial charge is 0.0622 e. The van der Waals surface area contributed by atoms with Gasteiger partial charge in [-0.15, -0.1) is 0 Å². The molecule has 0 spiro atoms. The smallest absolute Gasteiger partial charge is 0.0146 e. The molecule has 0 radical (unpaired) electrons. The van der Waals surface area contributed by atoms with E-state index in [0.717, 1.165) is 0 Å². The second-order valence-corrected chi connectivity index (χ2v) is 5.34. The number of benzene rings is 1. The van der Waals surface area contributed by atoms with Crippen LogP contribution in [0.1, 0.15) is 16.7 Å². The standard InChI is InChI=1S/C19H18/c1-13-9-14(2)18-11-17(12-19(18)15(3)10-13)16-7-5-4-6-8-16/h4-12H,1-3H3. The molecular formula is C19H18. The van der Waals surface area contributed by atoms with Gasteiger partial charge in [0.1, 0.15) is 0 Å². The summed E-state index contributed by atoms with van der Waals surface area (Å²) in [7, 11) is 0. The van der Waals surface area contributed by atoms with Crippen LogP contribution in [0.3, 0.4) is 0 Å². The quantitative estimate of drug-likeness (QED) is 0.540. The summed E-state index contributed by atoms with van der Waals surface area (Å²) in [6, 6.07) is 19.8. The van der Waals surface area contributed by atoms with Crippen molar-refractivity contribution in [1.29, 1.82) is 0 Å². The van der Waals surface area contributed by atoms with E-state index in [9.17, 15) is 0 Å². The Morgan fingerprint density at radius 2 is 1.11 bits per heavy atom. The highest BCUT2D eigenvalue weighted by Crippen LogP contribution is 2.36. The molecule has 0 unspecified atom stereocenters. The minimum Gasteiger partial charge on any atom is -0.0622 e. The summed E-state index contributed by atoms with van der Waals surface area (Å²) in [6.07, 6.45) is 0. The second-order valence-electron chi connectivity index (χ2n) is 5.34. The summed E-state index contributed by atoms with van der Waals surface area (Å²) < 4.78 is 0. The first-order valence-corrected chi connectivity index (χ1v) is 6.72. The number of fused-ring (bicyclic) bond motifs is 1. The third kappa shape index (κ3) is 2.15. The van der Waals surface area contributed by atoms with E-state index in [2.05, 4.69) is 75.4 Å². The molecule has 0 N–H and O–H groups in total. The number of rotatable bonds is 1. The zero-order chi connectivity index (χ0) is 13.4. The van der Waals surface area contributed by atoms with Crippen LogP contribution in [-0.4, -0.2) is 0 Å². The number of aryl methyl sites for hydroxylation is 3. The molecule has 0 fully saturated rings. The van der Waals surface area contributed by atoms with Gasteiger partial charge in [0.25, 0.3) is 0 Å². The molecule has 0 saturated heterocycles. The first-order chi connectivity index (χ1) is 9.15. The van der Waals surface area contributed by atoms with Crippen LogP contribution in [0.25, 0.3) is 22.3 Å². The maximum absolute atomic E-state index is 2.31. The van der Waals surface area contributed by atoms with Gasteiger partial charge in [-0.3, -0.25) is 0 Å². The van der Waals surface area contributed by atoms with E-state index in [1.54, 1.807) is 0 Å². The van der Waals surface area contributed by atoms with Crippen molar-refractivity contribution in [3.05, 3.63) is 71.3 Å². The highest BCUT2D eigenvalue weighted by atomic mass is 14.2. The number of hydrogen-bond acceptors (Lipinski definition) is 0. The third-order valence-corrected chi connectivity index (χ3v) is 3.74. The lowest BCUT2D eigenvalue weighted by molar-refractivity contribution is 1.42. The van der Waals surface area contributed by atoms with Gasteiger partial charge in [-0.05, 0) is 66.3 Å². The summed E-state index contributed by atoms with van der Waals surface area (Å²) in [6.45, 7) is 6.56. The Balaban J connectivity index is 2.27. The Bertz CT molecular complexity index is 653. The van der Waals surface area contributed by atoms with Gasteiger partial charge in [-0.2, -0.15) is 0 Å². The van der Waals surface area contributed by atoms with E-state index in [1.165, 1.54) is 38.9 Å². The fourth-order valence-electron chi connectivity index (χ4n) is 2.84. The van der Waals surface area contributed by atoms with Crippen LogP contribution in [0.5, 0.6) is 0 Å². The zero-order valence-electron chi connectivity index (χ0n) is 11.7. The van der Waals surface area contributed by atoms with Crippen LogP contribution in [0, 0.1) is 20.8 Å². The average molecular weight is 246 g/mol. The van der Waals surface area contributed by atoms with E-state index in [1.807, 2.05) is 0 Å². The summed E-state index contributed by atoms with van der Waals surface area (Å²) in [5, 5.41) is 0. The van der Waals surface area contributed by atoms with E-state index >= 15 is 0 Å². The first kappa shape index (κ1) is 12.0. The summed E-state index contributed by atoms with van der Waals surface area (Å²) in [5.74, 6) is 0. The lowest BCUT2D eigenvalue weighted by Gasteiger charge is -1.98. The van der Waals surface area contributed by atoms with E-state index < -0.39 is 0 Å². The molecule has 0 heterocycles. The average Bonchev–Trinajstić information content (AvgIpc) is 2.81. The van der Waals surface area contributed by atoms with Crippen molar-refractivity contribution in [3.63, 3.8) is 0 Å². The van der Waals surface area contributed by atoms with Gasteiger partial charge in [-0.1, -0.05) is 48.0 Å². The topological polar surface area (TPSA) is 0 Å². The highest BCUT2D eigenvalue weighted by molar-refractivity contribution is 5.83. The molecule has 0 saturated carbocycles. The molecule has 2 aliphatic carbocycles. The Labute approximate surface area is 115 Å². The molecule has 2 aliphatic rings. The predicted octanol–water partition coefficient (Wildman–Crippen LogP) is 5.38. The lowest BCUT2D eigenvalue weighted by atomic mass is 10.1. The van der Waals surface area contributed by atoms with Crippen molar-refractivity contribution >= 4 is 0 Å². The fourth-order valence-corrected chi connectivity index (χ4v) is 2.84. The first-order valence-electron chi connectivity index (χ1n) is 6.72. The molecule has 0 amide bonds. The van der Waals surface area contributed by atoms with Crippen molar-refractivity contribution in [3.8, 4) is 22.3 Å². The SMILES string of the molecule is Cc1cc(C)c2cc(-c3ccccc3)cc-2c(C)c1. The Morgan fingerprint density at radius 1 is 0.579 bits per heavy atom. The maximum Gasteiger partial charge on any atom is -0.0146 e. The van der Waals surface area contributed by atoms with Crippen LogP contribution >= 0.6 is 0 Å². The van der Waals surface area contributed by atoms with Gasteiger partial charge >= 0.3 is 0 Å². The Morgan fingerprint density at radius 3 is 1.63 bits per heavy atom. The van der Waals surface area contributed by atoms with Gasteiger partial charge in [0.15, 0.2) is 0 Å². The molecule has 19 heavy (non-hydrogen) atoms. The summed E-state index contributed by atoms with van der Waals surface area (Å²) in [5.41, 5.74) is 9.36. The van der Waals surface area contributed by atoms with Gasteiger partial charge in [0, 0.05) is 0 Å². The Kier molecular flexibility index (Phi) is 2.87. The lowest BCUT2D eigenvalue weighted by Crippen LogP contribution is -1.75. The molecule has 1 aromatic carbocycles. The maximum atomic E-state index is 2.31. The van der Waals surface area contributed by atoms with Gasteiger partial charge in [0.05, 0.1) is 0 Å². The van der Waals surface area contributed by atoms with E-state index in [0.29, 0.717) is 0 Å². The van der Waals surface area contributed by atoms with Gasteiger partial charge in [-0.25, -0.2) is 0 Å². The number of hydrogen-bond donors (Lipinski definition) is 0. The summed E-state index contributed by atoms with van der Waals surface area (Å²) >= 11 is 0. The highest BCUT2D eigenvalue weighted by Gasteiger charge is 2.12. The van der Waals surface area contributed by atoms with Crippen molar-refractivity contribution in [2.24, 2.45) is 0 Å². The minimum atomic E-state index is 1.29. The van der Waals surface area contributed by atoms with E-state index in [-0.39, 0.29) is 0 Å². The third-order valence-electron chi connectivity index (χ3n) is 3.74. The van der Waals surface area contributed by atoms with Crippen molar-refractivity contribution < 1.29 is 0 Å². The van der Waals surface area contributed by atoms with Crippen molar-refractivity contribution in [1.82, 2.24) is 0 Å². The molecule has 0 aromatic heterocycles. The van der Waals surface area contributed by atoms with Crippen LogP contribution in [0.2, 0.25) is 0 Å². The monoisotopic (exact) mass is 246 g/mol. The van der Waals surface area contributed by atoms with Crippen LogP contribution in [0.15, 0.2) is 54.6 Å². The molecule has 0 bridgehead atoms. The normalized spacial score (nSPS) is 10.9. The van der Waals surface area contributed by atoms with Gasteiger partial charge < -0.3 is 0 Å². The fraction of sp³-hybridized carbons (Fsp3) is 0.158. The van der Waals surface area contributed by atoms with Crippen molar-refractivity contribution in [2.45, 2.75) is 20.8 Å². The van der Waals surface area contributed by atoms with Crippen LogP contribution in [0.4, 0.5) is 0 Å². The molecule has 0 nitrogen and oxygen atoms in total. The molecule has 0 atom stereocenters. The Hall–Kier alpha value is -2.08. The van der Waals surface area contributed by atoms with Crippen LogP contribution < -0.4 is 0 Å². The molecule has 3 rings (SSSR count). The molecule has 1 aromatic rings. The van der Waals surface area contributed by atoms with E-state index in [4.69, 9.17) is 0 Å². The molecule has 0 heteroatoms.